The molecule has 0 saturated carbocycles. The highest BCUT2D eigenvalue weighted by atomic mass is 35.5. The summed E-state index contributed by atoms with van der Waals surface area (Å²) in [5, 5.41) is 12.4. The first-order valence-electron chi connectivity index (χ1n) is 15.7. The topological polar surface area (TPSA) is 102 Å². The van der Waals surface area contributed by atoms with Gasteiger partial charge in [-0.05, 0) is 81.3 Å². The molecule has 0 aliphatic carbocycles. The summed E-state index contributed by atoms with van der Waals surface area (Å²) in [5.41, 5.74) is 1.88. The van der Waals surface area contributed by atoms with Crippen molar-refractivity contribution in [2.24, 2.45) is 10.4 Å². The van der Waals surface area contributed by atoms with Gasteiger partial charge < -0.3 is 15.3 Å². The van der Waals surface area contributed by atoms with Crippen molar-refractivity contribution in [1.29, 1.82) is 0 Å². The second-order valence-electron chi connectivity index (χ2n) is 14.5. The third-order valence-electron chi connectivity index (χ3n) is 8.74. The summed E-state index contributed by atoms with van der Waals surface area (Å²) < 4.78 is 0. The Bertz CT molecular complexity index is 1410. The van der Waals surface area contributed by atoms with Crippen molar-refractivity contribution in [1.82, 2.24) is 15.1 Å². The molecule has 1 atom stereocenters. The minimum atomic E-state index is -0.962. The number of halogens is 2. The van der Waals surface area contributed by atoms with Gasteiger partial charge in [-0.2, -0.15) is 0 Å². The summed E-state index contributed by atoms with van der Waals surface area (Å²) in [4.78, 5) is 47.6. The number of aliphatic imine (C=N–C) groups is 1. The van der Waals surface area contributed by atoms with Crippen LogP contribution in [0.2, 0.25) is 10.0 Å². The number of rotatable bonds is 10. The van der Waals surface area contributed by atoms with E-state index < -0.39 is 11.6 Å². The molecule has 45 heavy (non-hydrogen) atoms. The maximum absolute atomic E-state index is 14.5. The standard InChI is InChI=1S/C35H46Cl2N4O4/c1-33(2,3)13-11-28(19-23-7-9-24(10-8-23)31(44)38-16-12-29(42)43)41-32(45)30(25-20-26(36)22-27(37)21-25)39-35(41)14-17-40(18-15-35)34(4,5)6/h7-10,20-22,28H,11-19H2,1-6H3,(H,38,44)(H,42,43). The molecule has 2 aromatic rings. The van der Waals surface area contributed by atoms with E-state index >= 15 is 0 Å². The normalized spacial score (nSPS) is 17.8. The zero-order chi connectivity index (χ0) is 33.2. The number of hydrogen-bond acceptors (Lipinski definition) is 5. The Labute approximate surface area is 277 Å². The number of benzene rings is 2. The molecular weight excluding hydrogens is 611 g/mol. The van der Waals surface area contributed by atoms with E-state index in [1.54, 1.807) is 30.3 Å². The lowest BCUT2D eigenvalue weighted by Gasteiger charge is -2.49. The van der Waals surface area contributed by atoms with Gasteiger partial charge in [-0.3, -0.25) is 24.3 Å². The fraction of sp³-hybridized carbons (Fsp3) is 0.543. The number of carbonyl (C=O) groups is 3. The highest BCUT2D eigenvalue weighted by molar-refractivity contribution is 6.47. The molecular formula is C35H46Cl2N4O4. The van der Waals surface area contributed by atoms with Crippen LogP contribution in [-0.2, 0) is 16.0 Å². The molecule has 1 fully saturated rings. The molecule has 2 aliphatic rings. The summed E-state index contributed by atoms with van der Waals surface area (Å²) in [6.45, 7) is 15.0. The molecule has 2 aromatic carbocycles. The van der Waals surface area contributed by atoms with E-state index in [4.69, 9.17) is 33.3 Å². The van der Waals surface area contributed by atoms with Crippen LogP contribution in [0.15, 0.2) is 47.5 Å². The number of carboxylic acids is 1. The largest absolute Gasteiger partial charge is 0.481 e. The van der Waals surface area contributed by atoms with E-state index in [0.717, 1.165) is 44.3 Å². The first kappa shape index (κ1) is 34.9. The number of carboxylic acid groups (broad SMARTS) is 1. The second kappa shape index (κ2) is 13.8. The number of piperidine rings is 1. The summed E-state index contributed by atoms with van der Waals surface area (Å²) in [6.07, 6.45) is 3.60. The Kier molecular flexibility index (Phi) is 10.7. The van der Waals surface area contributed by atoms with Gasteiger partial charge in [-0.1, -0.05) is 56.1 Å². The van der Waals surface area contributed by atoms with Gasteiger partial charge in [-0.25, -0.2) is 0 Å². The number of aliphatic carboxylic acids is 1. The lowest BCUT2D eigenvalue weighted by atomic mass is 9.84. The molecule has 0 radical (unpaired) electrons. The highest BCUT2D eigenvalue weighted by Crippen LogP contribution is 2.42. The number of carbonyl (C=O) groups excluding carboxylic acids is 2. The molecule has 2 N–H and O–H groups in total. The van der Waals surface area contributed by atoms with Crippen LogP contribution in [0.3, 0.4) is 0 Å². The lowest BCUT2D eigenvalue weighted by molar-refractivity contribution is -0.137. The van der Waals surface area contributed by atoms with Crippen LogP contribution in [-0.4, -0.2) is 75.3 Å². The van der Waals surface area contributed by atoms with Crippen molar-refractivity contribution in [2.45, 2.75) is 97.3 Å². The molecule has 0 aromatic heterocycles. The minimum absolute atomic E-state index is 0.00930. The van der Waals surface area contributed by atoms with E-state index in [1.165, 1.54) is 0 Å². The van der Waals surface area contributed by atoms with Crippen LogP contribution in [0.1, 0.15) is 95.1 Å². The fourth-order valence-corrected chi connectivity index (χ4v) is 6.78. The molecule has 2 amide bonds. The summed E-state index contributed by atoms with van der Waals surface area (Å²) >= 11 is 12.8. The van der Waals surface area contributed by atoms with Crippen molar-refractivity contribution >= 4 is 46.7 Å². The average molecular weight is 658 g/mol. The van der Waals surface area contributed by atoms with Crippen molar-refractivity contribution < 1.29 is 19.5 Å². The van der Waals surface area contributed by atoms with Crippen molar-refractivity contribution in [2.75, 3.05) is 19.6 Å². The van der Waals surface area contributed by atoms with E-state index in [1.807, 2.05) is 12.1 Å². The van der Waals surface area contributed by atoms with Gasteiger partial charge in [0.2, 0.25) is 0 Å². The van der Waals surface area contributed by atoms with Crippen LogP contribution in [0.25, 0.3) is 0 Å². The Balaban J connectivity index is 1.68. The van der Waals surface area contributed by atoms with Crippen LogP contribution < -0.4 is 5.32 Å². The molecule has 1 unspecified atom stereocenters. The van der Waals surface area contributed by atoms with Gasteiger partial charge >= 0.3 is 5.97 Å². The maximum atomic E-state index is 14.5. The predicted octanol–water partition coefficient (Wildman–Crippen LogP) is 6.86. The van der Waals surface area contributed by atoms with Gasteiger partial charge in [-0.15, -0.1) is 0 Å². The SMILES string of the molecule is CC(C)(C)CCC(Cc1ccc(C(=O)NCCC(=O)O)cc1)N1C(=O)C(c2cc(Cl)cc(Cl)c2)=NC12CCN(C(C)(C)C)CC2. The molecule has 1 spiro atoms. The molecule has 4 rings (SSSR count). The molecule has 0 bridgehead atoms. The van der Waals surface area contributed by atoms with Gasteiger partial charge in [0.05, 0.1) is 6.42 Å². The van der Waals surface area contributed by atoms with Crippen LogP contribution in [0, 0.1) is 5.41 Å². The number of likely N-dealkylation sites (tertiary alicyclic amines) is 1. The Morgan fingerprint density at radius 3 is 2.13 bits per heavy atom. The Morgan fingerprint density at radius 2 is 1.60 bits per heavy atom. The van der Waals surface area contributed by atoms with E-state index in [-0.39, 0.29) is 41.8 Å². The molecule has 244 valence electrons. The summed E-state index contributed by atoms with van der Waals surface area (Å²) in [7, 11) is 0. The van der Waals surface area contributed by atoms with Crippen LogP contribution in [0.5, 0.6) is 0 Å². The highest BCUT2D eigenvalue weighted by Gasteiger charge is 2.52. The molecule has 8 nitrogen and oxygen atoms in total. The third kappa shape index (κ3) is 8.87. The van der Waals surface area contributed by atoms with E-state index in [0.29, 0.717) is 33.3 Å². The number of hydrogen-bond donors (Lipinski definition) is 2. The molecule has 10 heteroatoms. The maximum Gasteiger partial charge on any atom is 0.305 e. The fourth-order valence-electron chi connectivity index (χ4n) is 6.26. The van der Waals surface area contributed by atoms with Gasteiger partial charge in [0.15, 0.2) is 0 Å². The Hall–Kier alpha value is -2.94. The van der Waals surface area contributed by atoms with Crippen LogP contribution >= 0.6 is 23.2 Å². The quantitative estimate of drug-likeness (QED) is 0.291. The number of nitrogens with zero attached hydrogens (tertiary/aromatic N) is 3. The van der Waals surface area contributed by atoms with E-state index in [9.17, 15) is 14.4 Å². The first-order valence-corrected chi connectivity index (χ1v) is 16.5. The minimum Gasteiger partial charge on any atom is -0.481 e. The third-order valence-corrected chi connectivity index (χ3v) is 9.18. The van der Waals surface area contributed by atoms with Crippen molar-refractivity contribution in [3.63, 3.8) is 0 Å². The predicted molar refractivity (Wildman–Crippen MR) is 180 cm³/mol. The first-order chi connectivity index (χ1) is 21.0. The molecule has 1 saturated heterocycles. The monoisotopic (exact) mass is 656 g/mol. The van der Waals surface area contributed by atoms with Gasteiger partial charge in [0, 0.05) is 65.2 Å². The van der Waals surface area contributed by atoms with E-state index in [2.05, 4.69) is 56.7 Å². The molecule has 2 aliphatic heterocycles. The van der Waals surface area contributed by atoms with Gasteiger partial charge in [0.25, 0.3) is 11.8 Å². The van der Waals surface area contributed by atoms with Crippen LogP contribution in [0.4, 0.5) is 0 Å². The smallest absolute Gasteiger partial charge is 0.305 e. The van der Waals surface area contributed by atoms with Gasteiger partial charge in [0.1, 0.15) is 11.4 Å². The summed E-state index contributed by atoms with van der Waals surface area (Å²) in [6, 6.07) is 12.4. The molecule has 2 heterocycles. The summed E-state index contributed by atoms with van der Waals surface area (Å²) in [5.74, 6) is -1.38. The zero-order valence-corrected chi connectivity index (χ0v) is 28.8. The Morgan fingerprint density at radius 1 is 1.00 bits per heavy atom. The zero-order valence-electron chi connectivity index (χ0n) is 27.3. The number of amides is 2. The second-order valence-corrected chi connectivity index (χ2v) is 15.4. The lowest BCUT2D eigenvalue weighted by Crippen LogP contribution is -2.59. The average Bonchev–Trinajstić information content (AvgIpc) is 3.21. The van der Waals surface area contributed by atoms with Crippen molar-refractivity contribution in [3.05, 3.63) is 69.2 Å². The number of nitrogens with one attached hydrogen (secondary N) is 1. The van der Waals surface area contributed by atoms with Crippen molar-refractivity contribution in [3.8, 4) is 0 Å².